The van der Waals surface area contributed by atoms with Crippen LogP contribution in [-0.4, -0.2) is 9.13 Å². The standard InChI is InChI=1S/C57H48N4.C30H20N2.CH4/c1-43-16-13-25-55(40-43)59(46-19-7-4-8-20-46)52-34-28-49(29-35-52)58(50-30-36-53(37-31-50)60(47-21-9-5-10-22-47)56-26-14-17-44(2)41-56)51-32-38-54(39-33-51)61(48-23-11-6-12-24-48)57-27-15-18-45(3)42-57;1-5-16-27-23(12-1)24-13-2-6-17-28(24)31(27)21-10-9-11-22(20-21)32-29-18-7-3-14-25(29)26-15-4-8-19-30(26)32;/h4-42H,1-3H3;1-20H;1H4. The molecule has 2 heterocycles. The zero-order valence-electron chi connectivity index (χ0n) is 52.2. The first-order valence-corrected chi connectivity index (χ1v) is 31.8. The fourth-order valence-corrected chi connectivity index (χ4v) is 13.2. The molecule has 0 aliphatic carbocycles. The van der Waals surface area contributed by atoms with Gasteiger partial charge < -0.3 is 28.7 Å². The smallest absolute Gasteiger partial charge is 0.0541 e. The van der Waals surface area contributed by atoms with Crippen LogP contribution in [0.3, 0.4) is 0 Å². The molecular weight excluding hydrogens is 1140 g/mol. The monoisotopic (exact) mass is 1210 g/mol. The van der Waals surface area contributed by atoms with Crippen LogP contribution >= 0.6 is 0 Å². The second-order valence-electron chi connectivity index (χ2n) is 23.7. The summed E-state index contributed by atoms with van der Waals surface area (Å²) in [5.41, 5.74) is 24.0. The van der Waals surface area contributed by atoms with Crippen LogP contribution in [-0.2, 0) is 0 Å². The Labute approximate surface area is 551 Å². The van der Waals surface area contributed by atoms with Crippen LogP contribution in [0.25, 0.3) is 55.0 Å². The quantitative estimate of drug-likeness (QED) is 0.108. The molecule has 0 atom stereocenters. The van der Waals surface area contributed by atoms with Gasteiger partial charge in [0.25, 0.3) is 0 Å². The van der Waals surface area contributed by atoms with Gasteiger partial charge in [0.05, 0.1) is 22.1 Å². The number of para-hydroxylation sites is 7. The maximum absolute atomic E-state index is 2.38. The molecule has 16 aromatic rings. The van der Waals surface area contributed by atoms with Gasteiger partial charge in [0, 0.05) is 101 Å². The largest absolute Gasteiger partial charge is 0.310 e. The van der Waals surface area contributed by atoms with Crippen molar-refractivity contribution in [2.24, 2.45) is 0 Å². The molecule has 6 nitrogen and oxygen atoms in total. The topological polar surface area (TPSA) is 22.8 Å². The van der Waals surface area contributed by atoms with Crippen LogP contribution in [0.15, 0.2) is 358 Å². The Balaban J connectivity index is 0.000000193. The third-order valence-corrected chi connectivity index (χ3v) is 17.4. The highest BCUT2D eigenvalue weighted by molar-refractivity contribution is 6.10. The number of anilines is 12. The van der Waals surface area contributed by atoms with E-state index in [-0.39, 0.29) is 7.43 Å². The predicted molar refractivity (Wildman–Crippen MR) is 401 cm³/mol. The van der Waals surface area contributed by atoms with Crippen molar-refractivity contribution >= 4 is 112 Å². The van der Waals surface area contributed by atoms with Gasteiger partial charge in [-0.25, -0.2) is 0 Å². The lowest BCUT2D eigenvalue weighted by Gasteiger charge is -2.30. The van der Waals surface area contributed by atoms with Crippen molar-refractivity contribution < 1.29 is 0 Å². The molecule has 0 aliphatic heterocycles. The summed E-state index contributed by atoms with van der Waals surface area (Å²) in [5.74, 6) is 0. The van der Waals surface area contributed by atoms with Gasteiger partial charge in [-0.3, -0.25) is 0 Å². The minimum absolute atomic E-state index is 0. The molecule has 6 heteroatoms. The van der Waals surface area contributed by atoms with Crippen molar-refractivity contribution in [3.63, 3.8) is 0 Å². The molecule has 0 aliphatic rings. The molecule has 0 N–H and O–H groups in total. The Morgan fingerprint density at radius 3 is 0.638 bits per heavy atom. The third kappa shape index (κ3) is 11.7. The Morgan fingerprint density at radius 2 is 0.383 bits per heavy atom. The van der Waals surface area contributed by atoms with Crippen LogP contribution in [0, 0.1) is 20.8 Å². The lowest BCUT2D eigenvalue weighted by Crippen LogP contribution is -2.14. The van der Waals surface area contributed by atoms with Crippen molar-refractivity contribution in [3.05, 3.63) is 375 Å². The van der Waals surface area contributed by atoms with E-state index in [0.717, 1.165) is 68.2 Å². The summed E-state index contributed by atoms with van der Waals surface area (Å²) in [6.45, 7) is 6.43. The van der Waals surface area contributed by atoms with E-state index in [1.807, 2.05) is 0 Å². The third-order valence-electron chi connectivity index (χ3n) is 17.4. The Kier molecular flexibility index (Phi) is 16.7. The Bertz CT molecular complexity index is 4700. The molecule has 454 valence electrons. The molecule has 0 saturated heterocycles. The van der Waals surface area contributed by atoms with Crippen LogP contribution in [0.2, 0.25) is 0 Å². The molecule has 0 spiro atoms. The summed E-state index contributed by atoms with van der Waals surface area (Å²) in [5, 5.41) is 5.13. The van der Waals surface area contributed by atoms with Gasteiger partial charge in [-0.2, -0.15) is 0 Å². The summed E-state index contributed by atoms with van der Waals surface area (Å²) in [4.78, 5) is 9.29. The first kappa shape index (κ1) is 59.5. The zero-order chi connectivity index (χ0) is 62.6. The molecule has 0 saturated carbocycles. The summed E-state index contributed by atoms with van der Waals surface area (Å²) in [6, 6.07) is 128. The number of rotatable bonds is 14. The first-order chi connectivity index (χ1) is 45.9. The number of aromatic nitrogens is 2. The highest BCUT2D eigenvalue weighted by atomic mass is 15.2. The second-order valence-corrected chi connectivity index (χ2v) is 23.7. The molecule has 2 aromatic heterocycles. The summed E-state index contributed by atoms with van der Waals surface area (Å²) < 4.78 is 4.75. The molecular formula is C88H72N6. The SMILES string of the molecule is C.Cc1cccc(N(c2ccccc2)c2ccc(N(c3ccc(N(c4ccccc4)c4cccc(C)c4)cc3)c3ccc(N(c4ccccc4)c4cccc(C)c4)cc3)cc2)c1.c1cc(-n2c3ccccc3c3ccccc32)cc(-n2c3ccccc3c3ccccc32)c1. The summed E-state index contributed by atoms with van der Waals surface area (Å²) in [6.07, 6.45) is 0. The average Bonchev–Trinajstić information content (AvgIpc) is 1.59. The maximum atomic E-state index is 2.38. The first-order valence-electron chi connectivity index (χ1n) is 31.8. The van der Waals surface area contributed by atoms with Gasteiger partial charge in [0.15, 0.2) is 0 Å². The molecule has 0 radical (unpaired) electrons. The van der Waals surface area contributed by atoms with E-state index in [9.17, 15) is 0 Å². The van der Waals surface area contributed by atoms with E-state index in [1.54, 1.807) is 0 Å². The molecule has 0 fully saturated rings. The van der Waals surface area contributed by atoms with Crippen LogP contribution in [0.1, 0.15) is 24.1 Å². The Morgan fingerprint density at radius 1 is 0.181 bits per heavy atom. The number of fused-ring (bicyclic) bond motifs is 6. The molecule has 14 aromatic carbocycles. The van der Waals surface area contributed by atoms with E-state index < -0.39 is 0 Å². The molecule has 16 rings (SSSR count). The van der Waals surface area contributed by atoms with Crippen molar-refractivity contribution in [1.29, 1.82) is 0 Å². The van der Waals surface area contributed by atoms with Crippen molar-refractivity contribution in [2.45, 2.75) is 28.2 Å². The highest BCUT2D eigenvalue weighted by Crippen LogP contribution is 2.44. The molecule has 0 unspecified atom stereocenters. The lowest BCUT2D eigenvalue weighted by atomic mass is 10.1. The van der Waals surface area contributed by atoms with Gasteiger partial charge in [-0.1, -0.05) is 177 Å². The fraction of sp³-hybridized carbons (Fsp3) is 0.0455. The normalized spacial score (nSPS) is 11.1. The van der Waals surface area contributed by atoms with E-state index >= 15 is 0 Å². The number of hydrogen-bond donors (Lipinski definition) is 0. The van der Waals surface area contributed by atoms with E-state index in [0.29, 0.717) is 0 Å². The van der Waals surface area contributed by atoms with Gasteiger partial charge >= 0.3 is 0 Å². The molecule has 94 heavy (non-hydrogen) atoms. The van der Waals surface area contributed by atoms with Crippen molar-refractivity contribution in [3.8, 4) is 11.4 Å². The van der Waals surface area contributed by atoms with Gasteiger partial charge in [-0.15, -0.1) is 0 Å². The summed E-state index contributed by atoms with van der Waals surface area (Å²) >= 11 is 0. The van der Waals surface area contributed by atoms with E-state index in [4.69, 9.17) is 0 Å². The minimum atomic E-state index is 0. The van der Waals surface area contributed by atoms with Crippen molar-refractivity contribution in [1.82, 2.24) is 9.13 Å². The van der Waals surface area contributed by atoms with Crippen LogP contribution in [0.5, 0.6) is 0 Å². The number of aryl methyl sites for hydroxylation is 3. The zero-order valence-corrected chi connectivity index (χ0v) is 52.2. The number of hydrogen-bond acceptors (Lipinski definition) is 4. The van der Waals surface area contributed by atoms with Gasteiger partial charge in [0.2, 0.25) is 0 Å². The number of nitrogens with zero attached hydrogens (tertiary/aromatic N) is 6. The van der Waals surface area contributed by atoms with Gasteiger partial charge in [0.1, 0.15) is 0 Å². The van der Waals surface area contributed by atoms with E-state index in [1.165, 1.54) is 71.7 Å². The average molecular weight is 1210 g/mol. The summed E-state index contributed by atoms with van der Waals surface area (Å²) in [7, 11) is 0. The minimum Gasteiger partial charge on any atom is -0.310 e. The van der Waals surface area contributed by atoms with Crippen LogP contribution < -0.4 is 19.6 Å². The van der Waals surface area contributed by atoms with Crippen molar-refractivity contribution in [2.75, 3.05) is 19.6 Å². The predicted octanol–water partition coefficient (Wildman–Crippen LogP) is 25.0. The molecule has 0 amide bonds. The second kappa shape index (κ2) is 26.4. The molecule has 0 bridgehead atoms. The highest BCUT2D eigenvalue weighted by Gasteiger charge is 2.21. The lowest BCUT2D eigenvalue weighted by molar-refractivity contribution is 1.13. The fourth-order valence-electron chi connectivity index (χ4n) is 13.2. The maximum Gasteiger partial charge on any atom is 0.0541 e. The number of benzene rings is 14. The Hall–Kier alpha value is -12.1. The van der Waals surface area contributed by atoms with Crippen LogP contribution in [0.4, 0.5) is 68.2 Å². The van der Waals surface area contributed by atoms with E-state index in [2.05, 4.69) is 407 Å². The van der Waals surface area contributed by atoms with Gasteiger partial charge in [-0.05, 0) is 226 Å².